The molecular weight excluding hydrogens is 550 g/mol. The van der Waals surface area contributed by atoms with Crippen LogP contribution in [0.15, 0.2) is 70.9 Å². The molecule has 10 nitrogen and oxygen atoms in total. The number of benzene rings is 2. The van der Waals surface area contributed by atoms with E-state index in [9.17, 15) is 4.79 Å². The van der Waals surface area contributed by atoms with Gasteiger partial charge in [-0.1, -0.05) is 23.5 Å². The number of rotatable bonds is 10. The van der Waals surface area contributed by atoms with Crippen LogP contribution < -0.4 is 30.6 Å². The molecule has 0 aliphatic carbocycles. The number of nitrogens with one attached hydrogen (secondary N) is 2. The summed E-state index contributed by atoms with van der Waals surface area (Å²) in [6.07, 6.45) is 6.25. The molecule has 204 valence electrons. The summed E-state index contributed by atoms with van der Waals surface area (Å²) < 4.78 is 21.3. The number of methoxy groups -OCH3 is 3. The number of anilines is 4. The highest BCUT2D eigenvalue weighted by Crippen LogP contribution is 2.43. The highest BCUT2D eigenvalue weighted by atomic mass is 32.1. The summed E-state index contributed by atoms with van der Waals surface area (Å²) in [5, 5.41) is 9.40. The molecule has 40 heavy (non-hydrogen) atoms. The minimum atomic E-state index is -0.248. The van der Waals surface area contributed by atoms with Crippen molar-refractivity contribution in [2.45, 2.75) is 0 Å². The van der Waals surface area contributed by atoms with Gasteiger partial charge in [-0.15, -0.1) is 11.3 Å². The van der Waals surface area contributed by atoms with Gasteiger partial charge in [0.2, 0.25) is 11.7 Å². The van der Waals surface area contributed by atoms with Crippen LogP contribution in [0.3, 0.4) is 0 Å². The van der Waals surface area contributed by atoms with E-state index >= 15 is 0 Å². The van der Waals surface area contributed by atoms with Crippen LogP contribution in [0.25, 0.3) is 27.2 Å². The van der Waals surface area contributed by atoms with Crippen LogP contribution in [0, 0.1) is 0 Å². The lowest BCUT2D eigenvalue weighted by atomic mass is 10.1. The molecule has 0 spiro atoms. The summed E-state index contributed by atoms with van der Waals surface area (Å²) in [5.41, 5.74) is 10.1. The molecule has 0 saturated heterocycles. The molecule has 5 aromatic rings. The van der Waals surface area contributed by atoms with Gasteiger partial charge in [-0.3, -0.25) is 4.79 Å². The summed E-state index contributed by atoms with van der Waals surface area (Å²) >= 11 is 2.85. The van der Waals surface area contributed by atoms with Crippen molar-refractivity contribution in [1.29, 1.82) is 0 Å². The van der Waals surface area contributed by atoms with Crippen LogP contribution in [-0.4, -0.2) is 37.2 Å². The fourth-order valence-electron chi connectivity index (χ4n) is 3.81. The zero-order valence-electron chi connectivity index (χ0n) is 21.8. The average Bonchev–Trinajstić information content (AvgIpc) is 3.73. The normalized spacial score (nSPS) is 11.0. The Balaban J connectivity index is 1.32. The number of aromatic nitrogens is 2. The quantitative estimate of drug-likeness (QED) is 0.159. The number of furan rings is 1. The van der Waals surface area contributed by atoms with Gasteiger partial charge in [0.25, 0.3) is 0 Å². The second-order valence-electron chi connectivity index (χ2n) is 8.27. The predicted molar refractivity (Wildman–Crippen MR) is 159 cm³/mol. The third-order valence-electron chi connectivity index (χ3n) is 5.66. The molecule has 0 aliphatic rings. The second kappa shape index (κ2) is 11.9. The molecule has 3 heterocycles. The number of thiazole rings is 2. The van der Waals surface area contributed by atoms with E-state index in [4.69, 9.17) is 29.3 Å². The van der Waals surface area contributed by atoms with Gasteiger partial charge in [0.05, 0.1) is 39.5 Å². The monoisotopic (exact) mass is 575 g/mol. The van der Waals surface area contributed by atoms with Crippen LogP contribution in [-0.2, 0) is 4.79 Å². The van der Waals surface area contributed by atoms with Gasteiger partial charge >= 0.3 is 0 Å². The lowest BCUT2D eigenvalue weighted by Gasteiger charge is -2.14. The molecule has 0 aliphatic heterocycles. The lowest BCUT2D eigenvalue weighted by molar-refractivity contribution is -0.111. The second-order valence-corrected chi connectivity index (χ2v) is 10.1. The van der Waals surface area contributed by atoms with Gasteiger partial charge < -0.3 is 35.0 Å². The predicted octanol–water partition coefficient (Wildman–Crippen LogP) is 6.53. The van der Waals surface area contributed by atoms with Crippen molar-refractivity contribution in [3.8, 4) is 38.4 Å². The van der Waals surface area contributed by atoms with Crippen LogP contribution >= 0.6 is 22.7 Å². The first kappa shape index (κ1) is 26.8. The summed E-state index contributed by atoms with van der Waals surface area (Å²) in [4.78, 5) is 22.3. The van der Waals surface area contributed by atoms with E-state index in [1.54, 1.807) is 58.1 Å². The molecule has 0 unspecified atom stereocenters. The molecule has 0 saturated carbocycles. The minimum absolute atomic E-state index is 0.248. The van der Waals surface area contributed by atoms with Crippen molar-refractivity contribution in [3.63, 3.8) is 0 Å². The summed E-state index contributed by atoms with van der Waals surface area (Å²) in [6.45, 7) is 0. The van der Waals surface area contributed by atoms with Crippen molar-refractivity contribution < 1.29 is 23.4 Å². The minimum Gasteiger partial charge on any atom is -0.493 e. The summed E-state index contributed by atoms with van der Waals surface area (Å²) in [7, 11) is 4.67. The maximum absolute atomic E-state index is 12.3. The zero-order chi connectivity index (χ0) is 28.1. The van der Waals surface area contributed by atoms with Crippen molar-refractivity contribution in [2.24, 2.45) is 0 Å². The standard InChI is InChI=1S/C28H25N5O5S2/c1-35-21-12-19(13-22(36-2)24(21)37-3)31-28-33-26(29)25(40-28)27-32-20(15-39-27)17-5-4-6-18(11-17)30-23(34)8-7-16-9-10-38-14-16/h4-15H,29H2,1-3H3,(H,30,34)(H,31,33)/b8-7+. The van der Waals surface area contributed by atoms with E-state index in [1.807, 2.05) is 29.6 Å². The Morgan fingerprint density at radius 2 is 1.82 bits per heavy atom. The van der Waals surface area contributed by atoms with E-state index < -0.39 is 0 Å². The molecule has 0 atom stereocenters. The highest BCUT2D eigenvalue weighted by molar-refractivity contribution is 7.23. The zero-order valence-corrected chi connectivity index (χ0v) is 23.4. The van der Waals surface area contributed by atoms with Crippen LogP contribution in [0.4, 0.5) is 22.3 Å². The van der Waals surface area contributed by atoms with Gasteiger partial charge in [-0.05, 0) is 24.3 Å². The van der Waals surface area contributed by atoms with Gasteiger partial charge in [0.1, 0.15) is 15.7 Å². The Morgan fingerprint density at radius 3 is 2.52 bits per heavy atom. The molecule has 1 amide bonds. The van der Waals surface area contributed by atoms with E-state index in [1.165, 1.54) is 28.7 Å². The summed E-state index contributed by atoms with van der Waals surface area (Å²) in [5.74, 6) is 1.66. The Hall–Kier alpha value is -4.81. The third-order valence-corrected chi connectivity index (χ3v) is 7.65. The Labute approximate surface area is 238 Å². The van der Waals surface area contributed by atoms with Crippen molar-refractivity contribution in [1.82, 2.24) is 9.97 Å². The maximum atomic E-state index is 12.3. The largest absolute Gasteiger partial charge is 0.493 e. The van der Waals surface area contributed by atoms with E-state index in [-0.39, 0.29) is 5.91 Å². The van der Waals surface area contributed by atoms with Gasteiger partial charge in [0, 0.05) is 46.1 Å². The molecule has 0 radical (unpaired) electrons. The third kappa shape index (κ3) is 5.92. The van der Waals surface area contributed by atoms with Gasteiger partial charge in [0.15, 0.2) is 16.6 Å². The number of nitrogen functional groups attached to an aromatic ring is 1. The number of amides is 1. The number of nitrogens with zero attached hydrogens (tertiary/aromatic N) is 2. The van der Waals surface area contributed by atoms with Gasteiger partial charge in [-0.25, -0.2) is 9.97 Å². The van der Waals surface area contributed by atoms with E-state index in [0.29, 0.717) is 39.6 Å². The van der Waals surface area contributed by atoms with E-state index in [2.05, 4.69) is 15.6 Å². The first-order chi connectivity index (χ1) is 19.5. The molecule has 3 aromatic heterocycles. The number of hydrogen-bond acceptors (Lipinski definition) is 11. The Bertz CT molecular complexity index is 1630. The highest BCUT2D eigenvalue weighted by Gasteiger charge is 2.18. The number of carbonyl (C=O) groups excluding carboxylic acids is 1. The fraction of sp³-hybridized carbons (Fsp3) is 0.107. The van der Waals surface area contributed by atoms with Crippen molar-refractivity contribution in [3.05, 3.63) is 72.0 Å². The molecule has 12 heteroatoms. The van der Waals surface area contributed by atoms with E-state index in [0.717, 1.165) is 26.7 Å². The molecule has 2 aromatic carbocycles. The smallest absolute Gasteiger partial charge is 0.248 e. The lowest BCUT2D eigenvalue weighted by Crippen LogP contribution is -2.07. The molecule has 4 N–H and O–H groups in total. The number of hydrogen-bond donors (Lipinski definition) is 3. The van der Waals surface area contributed by atoms with Crippen LogP contribution in [0.5, 0.6) is 17.2 Å². The average molecular weight is 576 g/mol. The fourth-order valence-corrected chi connectivity index (χ4v) is 5.64. The maximum Gasteiger partial charge on any atom is 0.248 e. The Morgan fingerprint density at radius 1 is 1.02 bits per heavy atom. The molecular formula is C28H25N5O5S2. The van der Waals surface area contributed by atoms with Crippen molar-refractivity contribution in [2.75, 3.05) is 37.7 Å². The SMILES string of the molecule is COc1cc(Nc2nc(N)c(-c3nc(-c4cccc(NC(=O)/C=C/c5ccoc5)c4)cs3)s2)cc(OC)c1OC. The first-order valence-corrected chi connectivity index (χ1v) is 13.6. The molecule has 0 bridgehead atoms. The molecule has 5 rings (SSSR count). The number of nitrogens with two attached hydrogens (primary N) is 1. The van der Waals surface area contributed by atoms with Gasteiger partial charge in [-0.2, -0.15) is 0 Å². The van der Waals surface area contributed by atoms with Crippen LogP contribution in [0.1, 0.15) is 5.56 Å². The van der Waals surface area contributed by atoms with Crippen LogP contribution in [0.2, 0.25) is 0 Å². The first-order valence-electron chi connectivity index (χ1n) is 11.9. The Kier molecular flexibility index (Phi) is 7.99. The number of carbonyl (C=O) groups is 1. The summed E-state index contributed by atoms with van der Waals surface area (Å²) in [6, 6.07) is 12.8. The van der Waals surface area contributed by atoms with Crippen molar-refractivity contribution >= 4 is 57.0 Å². The number of ether oxygens (including phenoxy) is 3. The molecule has 0 fully saturated rings. The topological polar surface area (TPSA) is 134 Å².